The van der Waals surface area contributed by atoms with Gasteiger partial charge in [-0.3, -0.25) is 4.79 Å². The van der Waals surface area contributed by atoms with Crippen LogP contribution >= 0.6 is 11.8 Å². The van der Waals surface area contributed by atoms with Gasteiger partial charge in [0.1, 0.15) is 6.61 Å². The molecule has 0 spiro atoms. The molecular weight excluding hydrogens is 436 g/mol. The third-order valence-corrected chi connectivity index (χ3v) is 7.02. The van der Waals surface area contributed by atoms with Crippen LogP contribution in [0.2, 0.25) is 0 Å². The second-order valence-corrected chi connectivity index (χ2v) is 9.39. The van der Waals surface area contributed by atoms with Crippen molar-refractivity contribution >= 4 is 28.8 Å². The molecule has 3 aliphatic heterocycles. The normalized spacial score (nSPS) is 20.9. The molecule has 1 aromatic rings. The van der Waals surface area contributed by atoms with E-state index in [1.807, 2.05) is 53.3 Å². The second kappa shape index (κ2) is 9.97. The van der Waals surface area contributed by atoms with Crippen molar-refractivity contribution in [2.24, 2.45) is 4.99 Å². The lowest BCUT2D eigenvalue weighted by Crippen LogP contribution is -2.47. The molecule has 1 unspecified atom stereocenters. The highest BCUT2D eigenvalue weighted by molar-refractivity contribution is 8.16. The zero-order valence-electron chi connectivity index (χ0n) is 19.4. The molecule has 0 bridgehead atoms. The van der Waals surface area contributed by atoms with Gasteiger partial charge in [-0.2, -0.15) is 0 Å². The SMILES string of the molecule is C=CCOC(=O)C1=C(C)N=C2SC=C(CC(=O)N3CCN(C)CC3)N2C1c1ccc(C)cc1. The Hall–Kier alpha value is -2.84. The van der Waals surface area contributed by atoms with Crippen LogP contribution in [0.15, 0.2) is 64.3 Å². The fourth-order valence-corrected chi connectivity index (χ4v) is 5.19. The Bertz CT molecular complexity index is 1040. The lowest BCUT2D eigenvalue weighted by Gasteiger charge is -2.37. The van der Waals surface area contributed by atoms with Gasteiger partial charge in [0.15, 0.2) is 5.17 Å². The number of carbonyl (C=O) groups is 2. The zero-order valence-corrected chi connectivity index (χ0v) is 20.2. The number of thioether (sulfide) groups is 1. The summed E-state index contributed by atoms with van der Waals surface area (Å²) in [6, 6.07) is 7.71. The Kier molecular flexibility index (Phi) is 7.05. The van der Waals surface area contributed by atoms with Crippen molar-refractivity contribution in [2.45, 2.75) is 26.3 Å². The van der Waals surface area contributed by atoms with E-state index in [2.05, 4.69) is 18.5 Å². The van der Waals surface area contributed by atoms with Crippen molar-refractivity contribution in [1.29, 1.82) is 0 Å². The van der Waals surface area contributed by atoms with Crippen molar-refractivity contribution in [1.82, 2.24) is 14.7 Å². The summed E-state index contributed by atoms with van der Waals surface area (Å²) in [6.07, 6.45) is 1.82. The molecule has 0 aromatic heterocycles. The number of esters is 1. The average molecular weight is 467 g/mol. The van der Waals surface area contributed by atoms with E-state index in [4.69, 9.17) is 9.73 Å². The Morgan fingerprint density at radius 3 is 2.55 bits per heavy atom. The molecule has 3 heterocycles. The largest absolute Gasteiger partial charge is 0.458 e. The highest BCUT2D eigenvalue weighted by Gasteiger charge is 2.41. The quantitative estimate of drug-likeness (QED) is 0.473. The summed E-state index contributed by atoms with van der Waals surface area (Å²) in [5, 5.41) is 2.76. The van der Waals surface area contributed by atoms with Gasteiger partial charge in [0.25, 0.3) is 0 Å². The van der Waals surface area contributed by atoms with Gasteiger partial charge in [-0.1, -0.05) is 54.2 Å². The number of amides is 1. The van der Waals surface area contributed by atoms with Crippen LogP contribution in [0.3, 0.4) is 0 Å². The van der Waals surface area contributed by atoms with Crippen LogP contribution in [0, 0.1) is 6.92 Å². The van der Waals surface area contributed by atoms with Crippen LogP contribution < -0.4 is 0 Å². The van der Waals surface area contributed by atoms with Crippen LogP contribution in [0.25, 0.3) is 0 Å². The van der Waals surface area contributed by atoms with Gasteiger partial charge in [0, 0.05) is 31.9 Å². The first-order valence-electron chi connectivity index (χ1n) is 11.1. The number of aliphatic imine (C=N–C) groups is 1. The van der Waals surface area contributed by atoms with E-state index >= 15 is 0 Å². The zero-order chi connectivity index (χ0) is 23.5. The number of benzene rings is 1. The number of nitrogens with zero attached hydrogens (tertiary/aromatic N) is 4. The molecule has 0 aliphatic carbocycles. The van der Waals surface area contributed by atoms with Crippen molar-refractivity contribution < 1.29 is 14.3 Å². The van der Waals surface area contributed by atoms with Crippen LogP contribution in [-0.2, 0) is 14.3 Å². The first kappa shape index (κ1) is 23.3. The number of carbonyl (C=O) groups excluding carboxylic acids is 2. The monoisotopic (exact) mass is 466 g/mol. The maximum Gasteiger partial charge on any atom is 0.338 e. The molecule has 7 nitrogen and oxygen atoms in total. The standard InChI is InChI=1S/C25H30N4O3S/c1-5-14-32-24(31)22-18(3)26-25-29(23(22)19-8-6-17(2)7-9-19)20(16-33-25)15-21(30)28-12-10-27(4)11-13-28/h5-9,16,23H,1,10-15H2,2-4H3. The first-order chi connectivity index (χ1) is 15.9. The summed E-state index contributed by atoms with van der Waals surface area (Å²) in [6.45, 7) is 10.9. The van der Waals surface area contributed by atoms with Gasteiger partial charge >= 0.3 is 5.97 Å². The lowest BCUT2D eigenvalue weighted by molar-refractivity contribution is -0.138. The molecular formula is C25H30N4O3S. The number of piperazine rings is 1. The number of hydrogen-bond donors (Lipinski definition) is 0. The Labute approximate surface area is 199 Å². The fourth-order valence-electron chi connectivity index (χ4n) is 4.23. The fraction of sp³-hybridized carbons (Fsp3) is 0.400. The van der Waals surface area contributed by atoms with Crippen LogP contribution in [0.5, 0.6) is 0 Å². The summed E-state index contributed by atoms with van der Waals surface area (Å²) in [7, 11) is 2.07. The van der Waals surface area contributed by atoms with E-state index in [9.17, 15) is 9.59 Å². The first-order valence-corrected chi connectivity index (χ1v) is 12.0. The van der Waals surface area contributed by atoms with Gasteiger partial charge in [-0.15, -0.1) is 0 Å². The number of rotatable bonds is 6. The van der Waals surface area contributed by atoms with Crippen molar-refractivity contribution in [3.63, 3.8) is 0 Å². The minimum absolute atomic E-state index is 0.0981. The predicted molar refractivity (Wildman–Crippen MR) is 131 cm³/mol. The van der Waals surface area contributed by atoms with E-state index in [1.54, 1.807) is 6.08 Å². The minimum atomic E-state index is -0.414. The van der Waals surface area contributed by atoms with Gasteiger partial charge in [-0.25, -0.2) is 9.79 Å². The van der Waals surface area contributed by atoms with E-state index < -0.39 is 12.0 Å². The number of amidine groups is 1. The number of hydrogen-bond acceptors (Lipinski definition) is 7. The van der Waals surface area contributed by atoms with Crippen LogP contribution in [0.4, 0.5) is 0 Å². The molecule has 1 saturated heterocycles. The van der Waals surface area contributed by atoms with Crippen molar-refractivity contribution in [3.8, 4) is 0 Å². The molecule has 8 heteroatoms. The molecule has 174 valence electrons. The van der Waals surface area contributed by atoms with Gasteiger partial charge in [-0.05, 0) is 31.9 Å². The summed E-state index contributed by atoms with van der Waals surface area (Å²) >= 11 is 1.49. The van der Waals surface area contributed by atoms with E-state index in [0.29, 0.717) is 11.3 Å². The highest BCUT2D eigenvalue weighted by Crippen LogP contribution is 2.45. The molecule has 0 N–H and O–H groups in total. The van der Waals surface area contributed by atoms with Crippen LogP contribution in [-0.4, -0.2) is 71.6 Å². The van der Waals surface area contributed by atoms with E-state index in [1.165, 1.54) is 11.8 Å². The third kappa shape index (κ3) is 4.91. The summed E-state index contributed by atoms with van der Waals surface area (Å²) < 4.78 is 5.43. The molecule has 0 saturated carbocycles. The smallest absolute Gasteiger partial charge is 0.338 e. The van der Waals surface area contributed by atoms with E-state index in [-0.39, 0.29) is 18.9 Å². The van der Waals surface area contributed by atoms with Crippen molar-refractivity contribution in [2.75, 3.05) is 39.8 Å². The van der Waals surface area contributed by atoms with Crippen LogP contribution in [0.1, 0.15) is 30.5 Å². The maximum atomic E-state index is 13.1. The average Bonchev–Trinajstić information content (AvgIpc) is 3.19. The second-order valence-electron chi connectivity index (χ2n) is 8.55. The molecule has 3 aliphatic rings. The highest BCUT2D eigenvalue weighted by atomic mass is 32.2. The Morgan fingerprint density at radius 1 is 1.18 bits per heavy atom. The summed E-state index contributed by atoms with van der Waals surface area (Å²) in [5.41, 5.74) is 4.07. The minimum Gasteiger partial charge on any atom is -0.458 e. The van der Waals surface area contributed by atoms with Gasteiger partial charge in [0.2, 0.25) is 5.91 Å². The Morgan fingerprint density at radius 2 is 1.88 bits per heavy atom. The predicted octanol–water partition coefficient (Wildman–Crippen LogP) is 3.46. The number of allylic oxidation sites excluding steroid dienone is 1. The molecule has 4 rings (SSSR count). The topological polar surface area (TPSA) is 65.5 Å². The summed E-state index contributed by atoms with van der Waals surface area (Å²) in [5.74, 6) is -0.316. The summed E-state index contributed by atoms with van der Waals surface area (Å²) in [4.78, 5) is 37.1. The lowest BCUT2D eigenvalue weighted by atomic mass is 9.93. The van der Waals surface area contributed by atoms with Gasteiger partial charge in [0.05, 0.1) is 23.7 Å². The molecule has 1 amide bonds. The number of likely N-dealkylation sites (N-methyl/N-ethyl adjacent to an activating group) is 1. The molecule has 0 radical (unpaired) electrons. The molecule has 33 heavy (non-hydrogen) atoms. The van der Waals surface area contributed by atoms with Gasteiger partial charge < -0.3 is 19.4 Å². The van der Waals surface area contributed by atoms with Crippen molar-refractivity contribution in [3.05, 3.63) is 70.4 Å². The third-order valence-electron chi connectivity index (χ3n) is 6.13. The Balaban J connectivity index is 1.65. The van der Waals surface area contributed by atoms with E-state index in [0.717, 1.165) is 48.2 Å². The number of ether oxygens (including phenoxy) is 1. The number of fused-ring (bicyclic) bond motifs is 1. The maximum absolute atomic E-state index is 13.1. The molecule has 1 aromatic carbocycles. The molecule has 1 fully saturated rings. The number of aryl methyl sites for hydroxylation is 1. The molecule has 1 atom stereocenters.